The van der Waals surface area contributed by atoms with Gasteiger partial charge >= 0.3 is 6.09 Å². The summed E-state index contributed by atoms with van der Waals surface area (Å²) in [6, 6.07) is 0. The van der Waals surface area contributed by atoms with Crippen LogP contribution < -0.4 is 5.73 Å². The van der Waals surface area contributed by atoms with Crippen molar-refractivity contribution in [3.05, 3.63) is 0 Å². The molecule has 0 fully saturated rings. The van der Waals surface area contributed by atoms with Crippen molar-refractivity contribution in [2.45, 2.75) is 0 Å². The fourth-order valence-corrected chi connectivity index (χ4v) is 0.258. The molecule has 0 aliphatic rings. The molecule has 0 saturated heterocycles. The van der Waals surface area contributed by atoms with Crippen molar-refractivity contribution in [3.63, 3.8) is 0 Å². The van der Waals surface area contributed by atoms with Gasteiger partial charge in [0, 0.05) is 22.4 Å². The van der Waals surface area contributed by atoms with E-state index in [9.17, 15) is 4.79 Å². The molecule has 0 aromatic rings. The monoisotopic (exact) mass is 244 g/mol. The second kappa shape index (κ2) is 5.58. The first kappa shape index (κ1) is 11.3. The maximum absolute atomic E-state index is 9.67. The summed E-state index contributed by atoms with van der Waals surface area (Å²) < 4.78 is 3.82. The molecule has 0 rings (SSSR count). The maximum atomic E-state index is 9.67. The van der Waals surface area contributed by atoms with Gasteiger partial charge in [-0.2, -0.15) is 0 Å². The predicted octanol–water partition coefficient (Wildman–Crippen LogP) is 0.294. The van der Waals surface area contributed by atoms with E-state index in [-0.39, 0.29) is 26.8 Å². The number of hydrogen-bond donors (Lipinski definition) is 2. The van der Waals surface area contributed by atoms with Crippen LogP contribution in [0.3, 0.4) is 0 Å². The summed E-state index contributed by atoms with van der Waals surface area (Å²) in [6.07, 6.45) is -0.931. The molecule has 3 nitrogen and oxygen atoms in total. The largest absolute Gasteiger partial charge is 0.411 e. The molecule has 0 aliphatic carbocycles. The van der Waals surface area contributed by atoms with Crippen molar-refractivity contribution in [3.8, 4) is 0 Å². The second-order valence-corrected chi connectivity index (χ2v) is 1.77. The zero-order valence-corrected chi connectivity index (χ0v) is 6.74. The van der Waals surface area contributed by atoms with E-state index in [0.29, 0.717) is 0 Å². The molecule has 51 valence electrons. The normalized spacial score (nSPS) is 6.62. The van der Waals surface area contributed by atoms with Crippen LogP contribution in [0.1, 0.15) is 0 Å². The quantitative estimate of drug-likeness (QED) is 0.366. The van der Waals surface area contributed by atoms with Crippen LogP contribution in [0.15, 0.2) is 0 Å². The SMILES string of the molecule is NC(=O)OC(=S)S.[Ag]. The third-order valence-electron chi connectivity index (χ3n) is 0.188. The maximum Gasteiger partial charge on any atom is 0.411 e. The molecule has 8 heavy (non-hydrogen) atoms. The van der Waals surface area contributed by atoms with E-state index in [1.54, 1.807) is 0 Å². The Morgan fingerprint density at radius 2 is 2.12 bits per heavy atom. The van der Waals surface area contributed by atoms with E-state index >= 15 is 0 Å². The van der Waals surface area contributed by atoms with E-state index < -0.39 is 6.09 Å². The molecule has 0 aromatic heterocycles. The summed E-state index contributed by atoms with van der Waals surface area (Å²) in [7, 11) is 0. The molecule has 0 aliphatic heterocycles. The van der Waals surface area contributed by atoms with E-state index in [0.717, 1.165) is 0 Å². The molecule has 0 unspecified atom stereocenters. The first-order valence-electron chi connectivity index (χ1n) is 1.33. The van der Waals surface area contributed by atoms with Crippen molar-refractivity contribution in [2.24, 2.45) is 5.73 Å². The Morgan fingerprint density at radius 3 is 2.12 bits per heavy atom. The van der Waals surface area contributed by atoms with Gasteiger partial charge in [0.25, 0.3) is 0 Å². The minimum Gasteiger partial charge on any atom is -0.393 e. The number of thiol groups is 1. The molecule has 0 aromatic carbocycles. The van der Waals surface area contributed by atoms with Crippen molar-refractivity contribution in [1.82, 2.24) is 0 Å². The average Bonchev–Trinajstić information content (AvgIpc) is 1.27. The fourth-order valence-electron chi connectivity index (χ4n) is 0.0861. The number of carbonyl (C=O) groups is 1. The third-order valence-corrected chi connectivity index (χ3v) is 0.363. The van der Waals surface area contributed by atoms with Gasteiger partial charge in [-0.25, -0.2) is 4.79 Å². The van der Waals surface area contributed by atoms with Crippen LogP contribution in [0.4, 0.5) is 4.79 Å². The van der Waals surface area contributed by atoms with E-state index in [1.807, 2.05) is 0 Å². The van der Waals surface area contributed by atoms with Gasteiger partial charge < -0.3 is 10.5 Å². The number of amides is 1. The van der Waals surface area contributed by atoms with Gasteiger partial charge in [0.15, 0.2) is 0 Å². The zero-order chi connectivity index (χ0) is 5.86. The van der Waals surface area contributed by atoms with Crippen LogP contribution in [0.5, 0.6) is 0 Å². The van der Waals surface area contributed by atoms with Gasteiger partial charge in [-0.3, -0.25) is 0 Å². The minimum atomic E-state index is -0.931. The number of carbonyl (C=O) groups excluding carboxylic acids is 1. The van der Waals surface area contributed by atoms with Gasteiger partial charge in [-0.15, -0.1) is 0 Å². The summed E-state index contributed by atoms with van der Waals surface area (Å²) >= 11 is 7.66. The topological polar surface area (TPSA) is 52.3 Å². The van der Waals surface area contributed by atoms with Crippen LogP contribution in [-0.2, 0) is 27.1 Å². The van der Waals surface area contributed by atoms with Gasteiger partial charge in [0.1, 0.15) is 0 Å². The average molecular weight is 245 g/mol. The molecule has 0 saturated carbocycles. The van der Waals surface area contributed by atoms with Crippen LogP contribution in [0.25, 0.3) is 0 Å². The smallest absolute Gasteiger partial charge is 0.393 e. The summed E-state index contributed by atoms with van der Waals surface area (Å²) in [6.45, 7) is 0. The Hall–Kier alpha value is 0.450. The Bertz CT molecular complexity index is 94.2. The first-order valence-corrected chi connectivity index (χ1v) is 2.18. The molecule has 0 bridgehead atoms. The second-order valence-electron chi connectivity index (χ2n) is 0.687. The zero-order valence-electron chi connectivity index (χ0n) is 3.55. The Labute approximate surface area is 72.9 Å². The molecular weight excluding hydrogens is 242 g/mol. The van der Waals surface area contributed by atoms with Gasteiger partial charge in [0.05, 0.1) is 0 Å². The summed E-state index contributed by atoms with van der Waals surface area (Å²) in [5.74, 6) is 0. The number of hydrogen-bond acceptors (Lipinski definition) is 3. The molecule has 0 atom stereocenters. The van der Waals surface area contributed by atoms with Crippen molar-refractivity contribution in [2.75, 3.05) is 0 Å². The Morgan fingerprint density at radius 1 is 1.75 bits per heavy atom. The molecule has 0 spiro atoms. The summed E-state index contributed by atoms with van der Waals surface area (Å²) in [5, 5.41) is 0. The Balaban J connectivity index is 0. The van der Waals surface area contributed by atoms with Crippen LogP contribution >= 0.6 is 24.8 Å². The molecule has 0 heterocycles. The van der Waals surface area contributed by atoms with Crippen LogP contribution in [0, 0.1) is 0 Å². The molecule has 2 N–H and O–H groups in total. The van der Waals surface area contributed by atoms with Crippen LogP contribution in [0.2, 0.25) is 0 Å². The standard InChI is InChI=1S/C2H3NO2S2.Ag/c3-1(4)5-2(6)7;/h(H2,3,4)(H,6,7);. The molecule has 1 amide bonds. The van der Waals surface area contributed by atoms with Gasteiger partial charge in [-0.1, -0.05) is 12.6 Å². The van der Waals surface area contributed by atoms with E-state index in [1.165, 1.54) is 0 Å². The number of nitrogens with two attached hydrogens (primary N) is 1. The fraction of sp³-hybridized carbons (Fsp3) is 0. The van der Waals surface area contributed by atoms with Crippen molar-refractivity contribution < 1.29 is 31.9 Å². The first-order chi connectivity index (χ1) is 3.13. The molecule has 6 heteroatoms. The van der Waals surface area contributed by atoms with Crippen LogP contribution in [-0.4, -0.2) is 10.5 Å². The van der Waals surface area contributed by atoms with E-state index in [4.69, 9.17) is 0 Å². The number of thiocarbonyl (C=S) groups is 1. The minimum absolute atomic E-state index is 0. The molecular formula is C2H3AgNO2S2. The summed E-state index contributed by atoms with van der Waals surface area (Å²) in [4.78, 5) is 9.67. The third kappa shape index (κ3) is 9.67. The van der Waals surface area contributed by atoms with Gasteiger partial charge in [-0.05, 0) is 12.2 Å². The Kier molecular flexibility index (Phi) is 7.87. The van der Waals surface area contributed by atoms with Crippen molar-refractivity contribution in [1.29, 1.82) is 0 Å². The van der Waals surface area contributed by atoms with Gasteiger partial charge in [0.2, 0.25) is 4.38 Å². The van der Waals surface area contributed by atoms with Crippen molar-refractivity contribution >= 4 is 35.3 Å². The predicted molar refractivity (Wildman–Crippen MR) is 32.3 cm³/mol. The van der Waals surface area contributed by atoms with E-state index in [2.05, 4.69) is 35.3 Å². The number of primary amides is 1. The number of rotatable bonds is 0. The number of ether oxygens (including phenoxy) is 1. The molecule has 1 radical (unpaired) electrons. The summed E-state index contributed by atoms with van der Waals surface area (Å²) in [5.41, 5.74) is 4.50.